The lowest BCUT2D eigenvalue weighted by Crippen LogP contribution is -2.22. The fraction of sp³-hybridized carbons (Fsp3) is 0.647. The summed E-state index contributed by atoms with van der Waals surface area (Å²) in [5.74, 6) is 1.55. The molecule has 0 bridgehead atoms. The summed E-state index contributed by atoms with van der Waals surface area (Å²) in [6.07, 6.45) is 4.98. The minimum Gasteiger partial charge on any atom is -0.497 e. The standard InChI is InChI=1S/C17H25BrO2/c1-17(2)8-7-16(20-17)11-14(12-18)9-13-5-4-6-15(10-13)19-3/h4-6,10,14,16H,7-9,11-12H2,1-3H3. The normalized spacial score (nSPS) is 22.7. The smallest absolute Gasteiger partial charge is 0.119 e. The van der Waals surface area contributed by atoms with Gasteiger partial charge in [0.2, 0.25) is 0 Å². The predicted octanol–water partition coefficient (Wildman–Crippen LogP) is 4.60. The van der Waals surface area contributed by atoms with Gasteiger partial charge in [0, 0.05) is 5.33 Å². The van der Waals surface area contributed by atoms with Crippen LogP contribution in [-0.2, 0) is 11.2 Å². The van der Waals surface area contributed by atoms with Gasteiger partial charge in [-0.1, -0.05) is 28.1 Å². The summed E-state index contributed by atoms with van der Waals surface area (Å²) in [4.78, 5) is 0. The van der Waals surface area contributed by atoms with Crippen molar-refractivity contribution in [2.75, 3.05) is 12.4 Å². The Morgan fingerprint density at radius 1 is 1.45 bits per heavy atom. The molecule has 3 heteroatoms. The lowest BCUT2D eigenvalue weighted by atomic mass is 9.94. The maximum Gasteiger partial charge on any atom is 0.119 e. The highest BCUT2D eigenvalue weighted by Gasteiger charge is 2.32. The molecule has 1 aromatic carbocycles. The Labute approximate surface area is 131 Å². The maximum absolute atomic E-state index is 6.12. The van der Waals surface area contributed by atoms with E-state index >= 15 is 0 Å². The molecule has 0 radical (unpaired) electrons. The van der Waals surface area contributed by atoms with Gasteiger partial charge in [-0.3, -0.25) is 0 Å². The highest BCUT2D eigenvalue weighted by molar-refractivity contribution is 9.09. The Morgan fingerprint density at radius 3 is 2.85 bits per heavy atom. The van der Waals surface area contributed by atoms with Crippen LogP contribution in [0.3, 0.4) is 0 Å². The molecule has 2 unspecified atom stereocenters. The Balaban J connectivity index is 1.92. The van der Waals surface area contributed by atoms with Crippen molar-refractivity contribution in [2.24, 2.45) is 5.92 Å². The van der Waals surface area contributed by atoms with E-state index in [-0.39, 0.29) is 5.60 Å². The van der Waals surface area contributed by atoms with Crippen LogP contribution in [0.5, 0.6) is 5.75 Å². The first-order chi connectivity index (χ1) is 9.52. The number of ether oxygens (including phenoxy) is 2. The molecule has 0 N–H and O–H groups in total. The molecule has 0 saturated carbocycles. The Hall–Kier alpha value is -0.540. The molecule has 2 rings (SSSR count). The molecule has 20 heavy (non-hydrogen) atoms. The van der Waals surface area contributed by atoms with Crippen LogP contribution in [0.2, 0.25) is 0 Å². The van der Waals surface area contributed by atoms with E-state index in [9.17, 15) is 0 Å². The van der Waals surface area contributed by atoms with E-state index in [1.54, 1.807) is 7.11 Å². The molecule has 2 nitrogen and oxygen atoms in total. The van der Waals surface area contributed by atoms with Crippen LogP contribution in [-0.4, -0.2) is 24.1 Å². The second kappa shape index (κ2) is 6.95. The Bertz CT molecular complexity index is 431. The van der Waals surface area contributed by atoms with Crippen molar-refractivity contribution >= 4 is 15.9 Å². The zero-order valence-corrected chi connectivity index (χ0v) is 14.3. The first-order valence-corrected chi connectivity index (χ1v) is 8.51. The van der Waals surface area contributed by atoms with E-state index in [1.807, 2.05) is 6.07 Å². The summed E-state index contributed by atoms with van der Waals surface area (Å²) in [5.41, 5.74) is 1.41. The van der Waals surface area contributed by atoms with Crippen molar-refractivity contribution in [1.82, 2.24) is 0 Å². The van der Waals surface area contributed by atoms with Gasteiger partial charge >= 0.3 is 0 Å². The number of halogens is 1. The van der Waals surface area contributed by atoms with Gasteiger partial charge in [0.15, 0.2) is 0 Å². The first-order valence-electron chi connectivity index (χ1n) is 7.39. The van der Waals surface area contributed by atoms with Gasteiger partial charge < -0.3 is 9.47 Å². The summed E-state index contributed by atoms with van der Waals surface area (Å²) < 4.78 is 11.4. The molecule has 112 valence electrons. The van der Waals surface area contributed by atoms with Gasteiger partial charge in [-0.15, -0.1) is 0 Å². The van der Waals surface area contributed by atoms with E-state index in [0.717, 1.165) is 23.9 Å². The van der Waals surface area contributed by atoms with E-state index in [4.69, 9.17) is 9.47 Å². The number of hydrogen-bond acceptors (Lipinski definition) is 2. The molecule has 1 aliphatic rings. The summed E-state index contributed by atoms with van der Waals surface area (Å²) >= 11 is 3.66. The largest absolute Gasteiger partial charge is 0.497 e. The summed E-state index contributed by atoms with van der Waals surface area (Å²) in [6, 6.07) is 8.37. The monoisotopic (exact) mass is 340 g/mol. The third-order valence-corrected chi connectivity index (χ3v) is 4.94. The molecule has 1 heterocycles. The third kappa shape index (κ3) is 4.49. The van der Waals surface area contributed by atoms with Gasteiger partial charge in [-0.25, -0.2) is 0 Å². The van der Waals surface area contributed by atoms with Crippen molar-refractivity contribution in [3.8, 4) is 5.75 Å². The van der Waals surface area contributed by atoms with Gasteiger partial charge in [-0.2, -0.15) is 0 Å². The fourth-order valence-electron chi connectivity index (χ4n) is 2.95. The average Bonchev–Trinajstić information content (AvgIpc) is 2.77. The number of hydrogen-bond donors (Lipinski definition) is 0. The highest BCUT2D eigenvalue weighted by atomic mass is 79.9. The Morgan fingerprint density at radius 2 is 2.25 bits per heavy atom. The third-order valence-electron chi connectivity index (χ3n) is 4.03. The molecule has 1 aromatic rings. The van der Waals surface area contributed by atoms with Crippen LogP contribution in [0.15, 0.2) is 24.3 Å². The van der Waals surface area contributed by atoms with Crippen LogP contribution >= 0.6 is 15.9 Å². The van der Waals surface area contributed by atoms with E-state index in [0.29, 0.717) is 12.0 Å². The van der Waals surface area contributed by atoms with Gasteiger partial charge in [0.05, 0.1) is 18.8 Å². The van der Waals surface area contributed by atoms with E-state index < -0.39 is 0 Å². The van der Waals surface area contributed by atoms with Crippen LogP contribution in [0.4, 0.5) is 0 Å². The van der Waals surface area contributed by atoms with Crippen molar-refractivity contribution in [3.63, 3.8) is 0 Å². The molecule has 0 spiro atoms. The van der Waals surface area contributed by atoms with Crippen molar-refractivity contribution in [2.45, 2.75) is 51.2 Å². The molecule has 1 fully saturated rings. The zero-order valence-electron chi connectivity index (χ0n) is 12.7. The minimum atomic E-state index is 0.0670. The molecular formula is C17H25BrO2. The molecule has 2 atom stereocenters. The lowest BCUT2D eigenvalue weighted by molar-refractivity contribution is -0.0233. The first kappa shape index (κ1) is 15.8. The second-order valence-corrected chi connectivity index (χ2v) is 7.00. The van der Waals surface area contributed by atoms with Crippen molar-refractivity contribution in [1.29, 1.82) is 0 Å². The van der Waals surface area contributed by atoms with Crippen LogP contribution in [0.1, 0.15) is 38.7 Å². The number of alkyl halides is 1. The number of benzene rings is 1. The highest BCUT2D eigenvalue weighted by Crippen LogP contribution is 2.33. The maximum atomic E-state index is 6.12. The molecule has 0 aliphatic carbocycles. The predicted molar refractivity (Wildman–Crippen MR) is 86.8 cm³/mol. The fourth-order valence-corrected chi connectivity index (χ4v) is 3.44. The Kier molecular flexibility index (Phi) is 5.50. The molecule has 0 amide bonds. The SMILES string of the molecule is COc1cccc(CC(CBr)CC2CCC(C)(C)O2)c1. The molecular weight excluding hydrogens is 316 g/mol. The van der Waals surface area contributed by atoms with E-state index in [2.05, 4.69) is 48.0 Å². The van der Waals surface area contributed by atoms with Crippen LogP contribution < -0.4 is 4.74 Å². The van der Waals surface area contributed by atoms with Crippen LogP contribution in [0, 0.1) is 5.92 Å². The van der Waals surface area contributed by atoms with Crippen LogP contribution in [0.25, 0.3) is 0 Å². The topological polar surface area (TPSA) is 18.5 Å². The van der Waals surface area contributed by atoms with Crippen molar-refractivity contribution < 1.29 is 9.47 Å². The summed E-state index contributed by atoms with van der Waals surface area (Å²) in [7, 11) is 1.72. The summed E-state index contributed by atoms with van der Waals surface area (Å²) in [6.45, 7) is 4.39. The van der Waals surface area contributed by atoms with Gasteiger partial charge in [0.25, 0.3) is 0 Å². The molecule has 1 saturated heterocycles. The zero-order chi connectivity index (χ0) is 14.6. The average molecular weight is 341 g/mol. The van der Waals surface area contributed by atoms with Crippen molar-refractivity contribution in [3.05, 3.63) is 29.8 Å². The number of rotatable bonds is 6. The molecule has 1 aliphatic heterocycles. The number of methoxy groups -OCH3 is 1. The summed E-state index contributed by atoms with van der Waals surface area (Å²) in [5, 5.41) is 1.02. The molecule has 0 aromatic heterocycles. The van der Waals surface area contributed by atoms with E-state index in [1.165, 1.54) is 18.4 Å². The minimum absolute atomic E-state index is 0.0670. The quantitative estimate of drug-likeness (QED) is 0.704. The van der Waals surface area contributed by atoms with Gasteiger partial charge in [0.1, 0.15) is 5.75 Å². The lowest BCUT2D eigenvalue weighted by Gasteiger charge is -2.22. The van der Waals surface area contributed by atoms with Gasteiger partial charge in [-0.05, 0) is 63.1 Å². The second-order valence-electron chi connectivity index (χ2n) is 6.35.